The van der Waals surface area contributed by atoms with Crippen molar-refractivity contribution in [1.29, 1.82) is 0 Å². The Morgan fingerprint density at radius 2 is 1.89 bits per heavy atom. The van der Waals surface area contributed by atoms with Crippen LogP contribution in [0.5, 0.6) is 5.75 Å². The number of hydrogen-bond donors (Lipinski definition) is 1. The Bertz CT molecular complexity index is 1410. The summed E-state index contributed by atoms with van der Waals surface area (Å²) in [6, 6.07) is 8.91. The van der Waals surface area contributed by atoms with E-state index in [4.69, 9.17) is 9.72 Å². The summed E-state index contributed by atoms with van der Waals surface area (Å²) in [6.45, 7) is 2.45. The molecule has 0 unspecified atom stereocenters. The Hall–Kier alpha value is -3.34. The predicted molar refractivity (Wildman–Crippen MR) is 145 cm³/mol. The largest absolute Gasteiger partial charge is 0.495 e. The fourth-order valence-electron chi connectivity index (χ4n) is 6.29. The molecule has 0 radical (unpaired) electrons. The molecular formula is C27H33N5O5S. The fourth-order valence-corrected chi connectivity index (χ4v) is 8.11. The van der Waals surface area contributed by atoms with Crippen LogP contribution in [0.25, 0.3) is 0 Å². The zero-order valence-electron chi connectivity index (χ0n) is 21.9. The molecule has 1 aromatic carbocycles. The summed E-state index contributed by atoms with van der Waals surface area (Å²) in [4.78, 5) is 36.3. The highest BCUT2D eigenvalue weighted by atomic mass is 32.2. The lowest BCUT2D eigenvalue weighted by molar-refractivity contribution is -0.119. The highest BCUT2D eigenvalue weighted by Crippen LogP contribution is 2.43. The molecule has 1 aliphatic carbocycles. The summed E-state index contributed by atoms with van der Waals surface area (Å²) in [5.74, 6) is 1.96. The molecule has 2 amide bonds. The Morgan fingerprint density at radius 1 is 1.16 bits per heavy atom. The molecule has 6 rings (SSSR count). The molecule has 38 heavy (non-hydrogen) atoms. The zero-order chi connectivity index (χ0) is 26.8. The van der Waals surface area contributed by atoms with Crippen molar-refractivity contribution in [2.45, 2.75) is 55.9 Å². The molecular weight excluding hydrogens is 506 g/mol. The van der Waals surface area contributed by atoms with Gasteiger partial charge in [0.05, 0.1) is 24.2 Å². The number of carbonyl (C=O) groups excluding carboxylic acids is 2. The third-order valence-electron chi connectivity index (χ3n) is 8.73. The van der Waals surface area contributed by atoms with E-state index in [1.807, 2.05) is 19.1 Å². The summed E-state index contributed by atoms with van der Waals surface area (Å²) >= 11 is 0. The third-order valence-corrected chi connectivity index (χ3v) is 11.2. The molecule has 3 fully saturated rings. The standard InChI is InChI=1S/C27H33N5O5S/c1-17-25(33)30(2)21-10-11-23(29-24(21)32(17)19-6-4-5-7-19)28-20-9-8-18(14-22(20)37-3)26(34)31-15-27(16-31)12-13-38(27,35)36/h8-11,14,17,19H,4-7,12-13,15-16H2,1-3H3,(H,28,29)/t17-/m0/s1. The first-order chi connectivity index (χ1) is 18.1. The van der Waals surface area contributed by atoms with Crippen LogP contribution >= 0.6 is 0 Å². The van der Waals surface area contributed by atoms with Crippen LogP contribution in [0.4, 0.5) is 23.0 Å². The number of anilines is 4. The number of nitrogens with one attached hydrogen (secondary N) is 1. The van der Waals surface area contributed by atoms with Crippen molar-refractivity contribution in [2.75, 3.05) is 48.1 Å². The number of sulfone groups is 1. The monoisotopic (exact) mass is 539 g/mol. The number of rotatable bonds is 5. The molecule has 202 valence electrons. The number of carbonyl (C=O) groups is 2. The van der Waals surface area contributed by atoms with Gasteiger partial charge in [0.1, 0.15) is 22.4 Å². The van der Waals surface area contributed by atoms with Gasteiger partial charge in [-0.1, -0.05) is 12.8 Å². The van der Waals surface area contributed by atoms with E-state index in [0.29, 0.717) is 35.3 Å². The lowest BCUT2D eigenvalue weighted by atomic mass is 9.93. The number of amides is 2. The first kappa shape index (κ1) is 25.0. The molecule has 4 aliphatic rings. The number of methoxy groups -OCH3 is 1. The maximum Gasteiger partial charge on any atom is 0.254 e. The Balaban J connectivity index is 1.24. The first-order valence-corrected chi connectivity index (χ1v) is 14.8. The average Bonchev–Trinajstić information content (AvgIpc) is 3.40. The highest BCUT2D eigenvalue weighted by Gasteiger charge is 2.60. The third kappa shape index (κ3) is 3.73. The van der Waals surface area contributed by atoms with Crippen molar-refractivity contribution in [1.82, 2.24) is 9.88 Å². The van der Waals surface area contributed by atoms with Crippen molar-refractivity contribution in [3.05, 3.63) is 35.9 Å². The average molecular weight is 540 g/mol. The van der Waals surface area contributed by atoms with Gasteiger partial charge >= 0.3 is 0 Å². The SMILES string of the molecule is COc1cc(C(=O)N2CC3(CCS3(=O)=O)C2)ccc1Nc1ccc2c(n1)N(C1CCCC1)[C@@H](C)C(=O)N2C. The molecule has 2 aromatic rings. The maximum atomic E-state index is 13.0. The molecule has 11 heteroatoms. The van der Waals surface area contributed by atoms with Crippen LogP contribution in [0.15, 0.2) is 30.3 Å². The van der Waals surface area contributed by atoms with Crippen molar-refractivity contribution in [3.8, 4) is 5.75 Å². The fraction of sp³-hybridized carbons (Fsp3) is 0.519. The number of fused-ring (bicyclic) bond motifs is 1. The Kier molecular flexibility index (Phi) is 5.82. The molecule has 4 heterocycles. The number of hydrogen-bond acceptors (Lipinski definition) is 8. The van der Waals surface area contributed by atoms with Crippen LogP contribution in [0, 0.1) is 0 Å². The Morgan fingerprint density at radius 3 is 2.53 bits per heavy atom. The Labute approximate surface area is 222 Å². The quantitative estimate of drug-likeness (QED) is 0.617. The smallest absolute Gasteiger partial charge is 0.254 e. The number of benzene rings is 1. The van der Waals surface area contributed by atoms with E-state index in [2.05, 4.69) is 10.2 Å². The van der Waals surface area contributed by atoms with E-state index in [1.165, 1.54) is 0 Å². The molecule has 1 N–H and O–H groups in total. The van der Waals surface area contributed by atoms with Gasteiger partial charge < -0.3 is 24.8 Å². The van der Waals surface area contributed by atoms with Crippen molar-refractivity contribution < 1.29 is 22.7 Å². The van der Waals surface area contributed by atoms with Crippen molar-refractivity contribution in [3.63, 3.8) is 0 Å². The van der Waals surface area contributed by atoms with Crippen molar-refractivity contribution >= 4 is 44.7 Å². The van der Waals surface area contributed by atoms with Crippen LogP contribution in [-0.2, 0) is 14.6 Å². The second-order valence-corrected chi connectivity index (χ2v) is 13.4. The van der Waals surface area contributed by atoms with E-state index >= 15 is 0 Å². The van der Waals surface area contributed by atoms with Gasteiger partial charge in [-0.05, 0) is 56.5 Å². The predicted octanol–water partition coefficient (Wildman–Crippen LogP) is 2.96. The number of ether oxygens (including phenoxy) is 1. The molecule has 1 spiro atoms. The summed E-state index contributed by atoms with van der Waals surface area (Å²) < 4.78 is 29.0. The van der Waals surface area contributed by atoms with Gasteiger partial charge in [-0.3, -0.25) is 9.59 Å². The molecule has 2 saturated heterocycles. The summed E-state index contributed by atoms with van der Waals surface area (Å²) in [5.41, 5.74) is 1.89. The van der Waals surface area contributed by atoms with Gasteiger partial charge in [-0.2, -0.15) is 0 Å². The number of pyridine rings is 1. The second kappa shape index (κ2) is 8.86. The van der Waals surface area contributed by atoms with E-state index < -0.39 is 14.6 Å². The molecule has 1 saturated carbocycles. The van der Waals surface area contributed by atoms with Gasteiger partial charge in [0.25, 0.3) is 5.91 Å². The highest BCUT2D eigenvalue weighted by molar-refractivity contribution is 7.94. The normalized spacial score (nSPS) is 23.6. The lowest BCUT2D eigenvalue weighted by Gasteiger charge is -2.54. The van der Waals surface area contributed by atoms with Gasteiger partial charge in [-0.15, -0.1) is 0 Å². The molecule has 1 aromatic heterocycles. The summed E-state index contributed by atoms with van der Waals surface area (Å²) in [7, 11) is 0.255. The van der Waals surface area contributed by atoms with Gasteiger partial charge in [0, 0.05) is 31.7 Å². The maximum absolute atomic E-state index is 13.0. The van der Waals surface area contributed by atoms with E-state index in [1.54, 1.807) is 42.2 Å². The van der Waals surface area contributed by atoms with Crippen LogP contribution in [0.1, 0.15) is 49.4 Å². The summed E-state index contributed by atoms with van der Waals surface area (Å²) in [5, 5.41) is 3.32. The summed E-state index contributed by atoms with van der Waals surface area (Å²) in [6.07, 6.45) is 5.03. The number of nitrogens with zero attached hydrogens (tertiary/aromatic N) is 4. The molecule has 1 atom stereocenters. The van der Waals surface area contributed by atoms with Crippen LogP contribution in [-0.4, -0.2) is 79.9 Å². The lowest BCUT2D eigenvalue weighted by Crippen LogP contribution is -2.72. The minimum atomic E-state index is -3.07. The van der Waals surface area contributed by atoms with E-state index in [0.717, 1.165) is 37.2 Å². The number of likely N-dealkylation sites (N-methyl/N-ethyl adjacent to an activating group) is 1. The second-order valence-electron chi connectivity index (χ2n) is 10.9. The molecule has 0 bridgehead atoms. The molecule has 3 aliphatic heterocycles. The van der Waals surface area contributed by atoms with Crippen LogP contribution in [0.2, 0.25) is 0 Å². The van der Waals surface area contributed by atoms with Gasteiger partial charge in [-0.25, -0.2) is 13.4 Å². The number of likely N-dealkylation sites (tertiary alicyclic amines) is 1. The minimum Gasteiger partial charge on any atom is -0.495 e. The van der Waals surface area contributed by atoms with Gasteiger partial charge in [0.2, 0.25) is 5.91 Å². The van der Waals surface area contributed by atoms with Crippen molar-refractivity contribution in [2.24, 2.45) is 0 Å². The first-order valence-electron chi connectivity index (χ1n) is 13.2. The topological polar surface area (TPSA) is 112 Å². The van der Waals surface area contributed by atoms with Crippen LogP contribution in [0.3, 0.4) is 0 Å². The minimum absolute atomic E-state index is 0.0665. The number of aromatic nitrogens is 1. The van der Waals surface area contributed by atoms with Gasteiger partial charge in [0.15, 0.2) is 15.7 Å². The van der Waals surface area contributed by atoms with E-state index in [-0.39, 0.29) is 36.7 Å². The van der Waals surface area contributed by atoms with E-state index in [9.17, 15) is 18.0 Å². The molecule has 10 nitrogen and oxygen atoms in total. The zero-order valence-corrected chi connectivity index (χ0v) is 22.8. The van der Waals surface area contributed by atoms with Crippen LogP contribution < -0.4 is 19.9 Å².